The van der Waals surface area contributed by atoms with Crippen molar-refractivity contribution < 1.29 is 9.13 Å². The molecular formula is C29H34FN5O. The lowest BCUT2D eigenvalue weighted by atomic mass is 10.00. The summed E-state index contributed by atoms with van der Waals surface area (Å²) in [5.74, 6) is 0.661. The number of hydrogen-bond acceptors (Lipinski definition) is 5. The number of benzene rings is 2. The summed E-state index contributed by atoms with van der Waals surface area (Å²) in [6.45, 7) is 6.72. The van der Waals surface area contributed by atoms with Gasteiger partial charge in [0.1, 0.15) is 17.2 Å². The van der Waals surface area contributed by atoms with Gasteiger partial charge in [0.2, 0.25) is 0 Å². The Labute approximate surface area is 212 Å². The number of pyridine rings is 1. The van der Waals surface area contributed by atoms with E-state index in [2.05, 4.69) is 44.8 Å². The monoisotopic (exact) mass is 487 g/mol. The predicted octanol–water partition coefficient (Wildman–Crippen LogP) is 4.72. The minimum Gasteiger partial charge on any atom is -0.496 e. The molecule has 5 rings (SSSR count). The van der Waals surface area contributed by atoms with Gasteiger partial charge in [-0.25, -0.2) is 9.37 Å². The second-order valence-corrected chi connectivity index (χ2v) is 9.75. The molecule has 1 fully saturated rings. The van der Waals surface area contributed by atoms with Crippen LogP contribution in [0, 0.1) is 5.82 Å². The lowest BCUT2D eigenvalue weighted by Crippen LogP contribution is -2.47. The lowest BCUT2D eigenvalue weighted by molar-refractivity contribution is 0.119. The van der Waals surface area contributed by atoms with E-state index in [1.165, 1.54) is 0 Å². The van der Waals surface area contributed by atoms with Crippen molar-refractivity contribution in [3.63, 3.8) is 0 Å². The van der Waals surface area contributed by atoms with Gasteiger partial charge >= 0.3 is 0 Å². The van der Waals surface area contributed by atoms with E-state index in [4.69, 9.17) is 4.74 Å². The van der Waals surface area contributed by atoms with Gasteiger partial charge in [-0.1, -0.05) is 24.3 Å². The first-order valence-electron chi connectivity index (χ1n) is 12.5. The number of para-hydroxylation sites is 1. The van der Waals surface area contributed by atoms with Crippen LogP contribution in [-0.2, 0) is 6.54 Å². The van der Waals surface area contributed by atoms with Gasteiger partial charge in [-0.3, -0.25) is 9.80 Å². The highest BCUT2D eigenvalue weighted by molar-refractivity contribution is 5.97. The normalized spacial score (nSPS) is 15.1. The molecule has 0 atom stereocenters. The van der Waals surface area contributed by atoms with Crippen LogP contribution in [0.1, 0.15) is 5.56 Å². The maximum absolute atomic E-state index is 14.8. The molecule has 0 spiro atoms. The van der Waals surface area contributed by atoms with Crippen LogP contribution in [0.5, 0.6) is 5.75 Å². The topological polar surface area (TPSA) is 47.6 Å². The summed E-state index contributed by atoms with van der Waals surface area (Å²) in [5.41, 5.74) is 5.52. The Hall–Kier alpha value is -3.26. The molecular weight excluding hydrogens is 453 g/mol. The second-order valence-electron chi connectivity index (χ2n) is 9.75. The van der Waals surface area contributed by atoms with Gasteiger partial charge in [0.15, 0.2) is 0 Å². The standard InChI is InChI=1S/C29H34FN5O/c1-33(2)10-11-34-12-14-35(15-13-34)20-23-16-21(8-9-27(23)30)22-17-25-26(19-32-29(25)31-18-22)24-6-4-5-7-28(24)36-3/h4-9,16-19H,10-15,20H2,1-3H3,(H,31,32). The van der Waals surface area contributed by atoms with Crippen LogP contribution in [0.15, 0.2) is 60.9 Å². The number of piperazine rings is 1. The Bertz CT molecular complexity index is 1330. The molecule has 0 saturated carbocycles. The van der Waals surface area contributed by atoms with Crippen molar-refractivity contribution in [3.8, 4) is 28.0 Å². The number of aromatic nitrogens is 2. The third-order valence-electron chi connectivity index (χ3n) is 7.03. The third kappa shape index (κ3) is 5.28. The van der Waals surface area contributed by atoms with Crippen LogP contribution in [0.25, 0.3) is 33.3 Å². The number of ether oxygens (including phenoxy) is 1. The molecule has 2 aromatic carbocycles. The zero-order chi connectivity index (χ0) is 25.1. The molecule has 0 amide bonds. The van der Waals surface area contributed by atoms with E-state index in [0.717, 1.165) is 83.9 Å². The first kappa shape index (κ1) is 24.4. The average Bonchev–Trinajstić information content (AvgIpc) is 3.32. The Kier molecular flexibility index (Phi) is 7.32. The molecule has 0 aliphatic carbocycles. The highest BCUT2D eigenvalue weighted by atomic mass is 19.1. The minimum atomic E-state index is -0.154. The summed E-state index contributed by atoms with van der Waals surface area (Å²) in [5, 5.41) is 1.01. The van der Waals surface area contributed by atoms with Gasteiger partial charge in [0.25, 0.3) is 0 Å². The van der Waals surface area contributed by atoms with E-state index in [0.29, 0.717) is 6.54 Å². The van der Waals surface area contributed by atoms with E-state index in [9.17, 15) is 4.39 Å². The molecule has 0 radical (unpaired) electrons. The molecule has 1 aliphatic heterocycles. The third-order valence-corrected chi connectivity index (χ3v) is 7.03. The summed E-state index contributed by atoms with van der Waals surface area (Å²) in [7, 11) is 5.89. The van der Waals surface area contributed by atoms with Crippen LogP contribution >= 0.6 is 0 Å². The molecule has 0 bridgehead atoms. The van der Waals surface area contributed by atoms with Gasteiger partial charge in [-0.05, 0) is 43.9 Å². The Morgan fingerprint density at radius 3 is 2.53 bits per heavy atom. The van der Waals surface area contributed by atoms with E-state index in [-0.39, 0.29) is 5.82 Å². The van der Waals surface area contributed by atoms with E-state index in [1.54, 1.807) is 13.2 Å². The molecule has 1 saturated heterocycles. The van der Waals surface area contributed by atoms with Gasteiger partial charge in [0.05, 0.1) is 7.11 Å². The minimum absolute atomic E-state index is 0.154. The van der Waals surface area contributed by atoms with Crippen molar-refractivity contribution >= 4 is 11.0 Å². The number of rotatable bonds is 8. The van der Waals surface area contributed by atoms with Crippen LogP contribution in [0.2, 0.25) is 0 Å². The molecule has 7 heteroatoms. The van der Waals surface area contributed by atoms with Crippen molar-refractivity contribution in [2.75, 3.05) is 60.5 Å². The summed E-state index contributed by atoms with van der Waals surface area (Å²) >= 11 is 0. The zero-order valence-corrected chi connectivity index (χ0v) is 21.3. The Morgan fingerprint density at radius 1 is 0.972 bits per heavy atom. The largest absolute Gasteiger partial charge is 0.496 e. The highest BCUT2D eigenvalue weighted by Crippen LogP contribution is 2.36. The smallest absolute Gasteiger partial charge is 0.137 e. The number of aromatic amines is 1. The molecule has 4 aromatic rings. The fraction of sp³-hybridized carbons (Fsp3) is 0.345. The van der Waals surface area contributed by atoms with Crippen LogP contribution in [-0.4, -0.2) is 85.1 Å². The number of H-pyrrole nitrogens is 1. The SMILES string of the molecule is COc1ccccc1-c1c[nH]c2ncc(-c3ccc(F)c(CN4CCN(CCN(C)C)CC4)c3)cc12. The fourth-order valence-electron chi connectivity index (χ4n) is 4.88. The van der Waals surface area contributed by atoms with Crippen LogP contribution in [0.3, 0.4) is 0 Å². The van der Waals surface area contributed by atoms with Gasteiger partial charge in [-0.2, -0.15) is 0 Å². The van der Waals surface area contributed by atoms with E-state index in [1.807, 2.05) is 48.8 Å². The average molecular weight is 488 g/mol. The maximum atomic E-state index is 14.8. The highest BCUT2D eigenvalue weighted by Gasteiger charge is 2.19. The molecule has 188 valence electrons. The number of halogens is 1. The molecule has 0 unspecified atom stereocenters. The molecule has 6 nitrogen and oxygen atoms in total. The Morgan fingerprint density at radius 2 is 1.75 bits per heavy atom. The molecule has 36 heavy (non-hydrogen) atoms. The lowest BCUT2D eigenvalue weighted by Gasteiger charge is -2.35. The predicted molar refractivity (Wildman–Crippen MR) is 144 cm³/mol. The van der Waals surface area contributed by atoms with Crippen molar-refractivity contribution in [2.45, 2.75) is 6.54 Å². The summed E-state index contributed by atoms with van der Waals surface area (Å²) in [6.07, 6.45) is 3.82. The summed E-state index contributed by atoms with van der Waals surface area (Å²) in [4.78, 5) is 15.0. The molecule has 1 aliphatic rings. The first-order valence-corrected chi connectivity index (χ1v) is 12.5. The number of methoxy groups -OCH3 is 1. The summed E-state index contributed by atoms with van der Waals surface area (Å²) < 4.78 is 20.4. The van der Waals surface area contributed by atoms with Gasteiger partial charge in [-0.15, -0.1) is 0 Å². The zero-order valence-electron chi connectivity index (χ0n) is 21.3. The fourth-order valence-corrected chi connectivity index (χ4v) is 4.88. The van der Waals surface area contributed by atoms with E-state index >= 15 is 0 Å². The maximum Gasteiger partial charge on any atom is 0.137 e. The van der Waals surface area contributed by atoms with Gasteiger partial charge < -0.3 is 14.6 Å². The van der Waals surface area contributed by atoms with Crippen molar-refractivity contribution in [3.05, 3.63) is 72.3 Å². The molecule has 3 heterocycles. The quantitative estimate of drug-likeness (QED) is 0.390. The van der Waals surface area contributed by atoms with Crippen molar-refractivity contribution in [2.24, 2.45) is 0 Å². The molecule has 2 aromatic heterocycles. The number of hydrogen-bond donors (Lipinski definition) is 1. The first-order chi connectivity index (χ1) is 17.5. The summed E-state index contributed by atoms with van der Waals surface area (Å²) in [6, 6.07) is 15.5. The van der Waals surface area contributed by atoms with Crippen LogP contribution in [0.4, 0.5) is 4.39 Å². The van der Waals surface area contributed by atoms with Gasteiger partial charge in [0, 0.05) is 85.8 Å². The number of likely N-dealkylation sites (N-methyl/N-ethyl adjacent to an activating group) is 1. The Balaban J connectivity index is 1.36. The van der Waals surface area contributed by atoms with Crippen molar-refractivity contribution in [1.82, 2.24) is 24.7 Å². The van der Waals surface area contributed by atoms with Crippen LogP contribution < -0.4 is 4.74 Å². The van der Waals surface area contributed by atoms with E-state index < -0.39 is 0 Å². The number of nitrogens with one attached hydrogen (secondary N) is 1. The second kappa shape index (κ2) is 10.8. The van der Waals surface area contributed by atoms with Crippen molar-refractivity contribution in [1.29, 1.82) is 0 Å². The molecule has 1 N–H and O–H groups in total. The number of nitrogens with zero attached hydrogens (tertiary/aromatic N) is 4. The number of fused-ring (bicyclic) bond motifs is 1.